The molecule has 116 valence electrons. The smallest absolute Gasteiger partial charge is 0.305 e. The average Bonchev–Trinajstić information content (AvgIpc) is 3.12. The van der Waals surface area contributed by atoms with Gasteiger partial charge in [-0.1, -0.05) is 11.3 Å². The molecule has 0 saturated carbocycles. The number of fused-ring (bicyclic) bond motifs is 1. The standard InChI is InChI=1S/C11H6N6O3S3/c12-1-4-6-7(8(19)16-10(20)15-6)23-9(4)21-2-5(18)14-11-17-13-3-22-11/h3H,2H2,(H,14,17,18)(H2,15,16,19,20). The van der Waals surface area contributed by atoms with Crippen LogP contribution in [-0.2, 0) is 4.79 Å². The number of hydrogen-bond donors (Lipinski definition) is 3. The normalized spacial score (nSPS) is 10.6. The van der Waals surface area contributed by atoms with Crippen LogP contribution in [0.5, 0.6) is 0 Å². The number of nitrogens with one attached hydrogen (secondary N) is 3. The quantitative estimate of drug-likeness (QED) is 0.577. The van der Waals surface area contributed by atoms with Gasteiger partial charge in [-0.2, -0.15) is 5.26 Å². The van der Waals surface area contributed by atoms with Crippen LogP contribution in [0.4, 0.5) is 5.13 Å². The van der Waals surface area contributed by atoms with E-state index in [-0.39, 0.29) is 27.4 Å². The van der Waals surface area contributed by atoms with E-state index in [1.807, 2.05) is 6.07 Å². The summed E-state index contributed by atoms with van der Waals surface area (Å²) in [6, 6.07) is 1.96. The van der Waals surface area contributed by atoms with Gasteiger partial charge in [0, 0.05) is 0 Å². The van der Waals surface area contributed by atoms with Crippen molar-refractivity contribution in [3.8, 4) is 6.07 Å². The fourth-order valence-corrected chi connectivity index (χ4v) is 4.30. The van der Waals surface area contributed by atoms with Gasteiger partial charge in [-0.15, -0.1) is 33.3 Å². The fraction of sp³-hybridized carbons (Fsp3) is 0.0909. The number of aromatic nitrogens is 4. The number of thioether (sulfide) groups is 1. The lowest BCUT2D eigenvalue weighted by Crippen LogP contribution is -2.20. The van der Waals surface area contributed by atoms with Crippen LogP contribution in [0.25, 0.3) is 10.2 Å². The summed E-state index contributed by atoms with van der Waals surface area (Å²) in [5.74, 6) is -0.279. The lowest BCUT2D eigenvalue weighted by molar-refractivity contribution is -0.113. The minimum atomic E-state index is -0.678. The molecule has 0 bridgehead atoms. The minimum absolute atomic E-state index is 0.0310. The SMILES string of the molecule is N#Cc1c(SCC(=O)Nc2nncs2)sc2c(=O)[nH]c(=O)[nH]c12. The lowest BCUT2D eigenvalue weighted by Gasteiger charge is -1.99. The molecule has 0 aliphatic carbocycles. The number of thiophene rings is 1. The molecular weight excluding hydrogens is 360 g/mol. The third-order valence-corrected chi connectivity index (χ3v) is 5.67. The molecule has 0 atom stereocenters. The first-order valence-electron chi connectivity index (χ1n) is 5.96. The Morgan fingerprint density at radius 1 is 1.43 bits per heavy atom. The van der Waals surface area contributed by atoms with Gasteiger partial charge in [-0.25, -0.2) is 4.79 Å². The molecule has 3 rings (SSSR count). The van der Waals surface area contributed by atoms with E-state index in [9.17, 15) is 19.6 Å². The van der Waals surface area contributed by atoms with Crippen LogP contribution >= 0.6 is 34.4 Å². The second-order valence-corrected chi connectivity index (χ2v) is 7.17. The van der Waals surface area contributed by atoms with E-state index in [0.717, 1.165) is 23.1 Å². The summed E-state index contributed by atoms with van der Waals surface area (Å²) in [5.41, 5.74) is 0.628. The molecule has 3 aromatic rings. The third-order valence-electron chi connectivity index (χ3n) is 2.60. The molecular formula is C11H6N6O3S3. The first kappa shape index (κ1) is 15.4. The van der Waals surface area contributed by atoms with Crippen molar-refractivity contribution in [3.63, 3.8) is 0 Å². The van der Waals surface area contributed by atoms with E-state index in [0.29, 0.717) is 9.34 Å². The van der Waals surface area contributed by atoms with E-state index < -0.39 is 11.2 Å². The topological polar surface area (TPSA) is 144 Å². The molecule has 0 unspecified atom stereocenters. The van der Waals surface area contributed by atoms with Gasteiger partial charge in [0.25, 0.3) is 5.56 Å². The molecule has 1 amide bonds. The maximum Gasteiger partial charge on any atom is 0.326 e. The summed E-state index contributed by atoms with van der Waals surface area (Å²) in [6.07, 6.45) is 0. The summed E-state index contributed by atoms with van der Waals surface area (Å²) in [4.78, 5) is 39.4. The zero-order valence-electron chi connectivity index (χ0n) is 11.1. The summed E-state index contributed by atoms with van der Waals surface area (Å²) in [5, 5.41) is 19.5. The van der Waals surface area contributed by atoms with Crippen molar-refractivity contribution in [2.75, 3.05) is 11.1 Å². The maximum absolute atomic E-state index is 11.8. The molecule has 0 aliphatic rings. The van der Waals surface area contributed by atoms with Crippen molar-refractivity contribution in [1.82, 2.24) is 20.2 Å². The number of amides is 1. The van der Waals surface area contributed by atoms with Gasteiger partial charge in [0.1, 0.15) is 21.8 Å². The number of carbonyl (C=O) groups excluding carboxylic acids is 1. The Morgan fingerprint density at radius 3 is 2.96 bits per heavy atom. The molecule has 0 spiro atoms. The Bertz CT molecular complexity index is 1030. The van der Waals surface area contributed by atoms with Crippen molar-refractivity contribution in [1.29, 1.82) is 5.26 Å². The Morgan fingerprint density at radius 2 is 2.26 bits per heavy atom. The second kappa shape index (κ2) is 6.32. The van der Waals surface area contributed by atoms with E-state index >= 15 is 0 Å². The van der Waals surface area contributed by atoms with Gasteiger partial charge in [-0.05, 0) is 0 Å². The number of rotatable bonds is 4. The molecule has 12 heteroatoms. The van der Waals surface area contributed by atoms with Gasteiger partial charge < -0.3 is 4.98 Å². The predicted octanol–water partition coefficient (Wildman–Crippen LogP) is 0.732. The van der Waals surface area contributed by atoms with Crippen LogP contribution < -0.4 is 16.6 Å². The highest BCUT2D eigenvalue weighted by Crippen LogP contribution is 2.34. The van der Waals surface area contributed by atoms with E-state index in [4.69, 9.17) is 0 Å². The summed E-state index contributed by atoms with van der Waals surface area (Å²) in [7, 11) is 0. The van der Waals surface area contributed by atoms with Crippen molar-refractivity contribution in [2.45, 2.75) is 4.21 Å². The van der Waals surface area contributed by atoms with E-state index in [1.165, 1.54) is 16.8 Å². The largest absolute Gasteiger partial charge is 0.326 e. The van der Waals surface area contributed by atoms with Crippen molar-refractivity contribution in [2.24, 2.45) is 0 Å². The van der Waals surface area contributed by atoms with Crippen LogP contribution in [0.1, 0.15) is 5.56 Å². The zero-order valence-corrected chi connectivity index (χ0v) is 13.5. The van der Waals surface area contributed by atoms with Crippen molar-refractivity contribution >= 4 is 55.7 Å². The second-order valence-electron chi connectivity index (χ2n) is 4.07. The average molecular weight is 366 g/mol. The molecule has 23 heavy (non-hydrogen) atoms. The molecule has 9 nitrogen and oxygen atoms in total. The Labute approximate surface area is 139 Å². The van der Waals surface area contributed by atoms with Gasteiger partial charge in [0.2, 0.25) is 11.0 Å². The number of nitriles is 1. The maximum atomic E-state index is 11.8. The highest BCUT2D eigenvalue weighted by atomic mass is 32.2. The number of anilines is 1. The van der Waals surface area contributed by atoms with Gasteiger partial charge in [0.05, 0.1) is 15.5 Å². The number of hydrogen-bond acceptors (Lipinski definition) is 9. The molecule has 3 aromatic heterocycles. The summed E-state index contributed by atoms with van der Waals surface area (Å²) >= 11 is 3.35. The molecule has 0 fully saturated rings. The highest BCUT2D eigenvalue weighted by molar-refractivity contribution is 8.02. The predicted molar refractivity (Wildman–Crippen MR) is 87.0 cm³/mol. The number of nitrogens with zero attached hydrogens (tertiary/aromatic N) is 3. The van der Waals surface area contributed by atoms with Crippen LogP contribution in [-0.4, -0.2) is 31.8 Å². The van der Waals surface area contributed by atoms with Crippen molar-refractivity contribution < 1.29 is 4.79 Å². The summed E-state index contributed by atoms with van der Waals surface area (Å²) < 4.78 is 0.732. The molecule has 0 aliphatic heterocycles. The number of aromatic amines is 2. The van der Waals surface area contributed by atoms with Crippen LogP contribution in [0.15, 0.2) is 19.3 Å². The first-order chi connectivity index (χ1) is 11.1. The monoisotopic (exact) mass is 366 g/mol. The minimum Gasteiger partial charge on any atom is -0.305 e. The van der Waals surface area contributed by atoms with Gasteiger partial charge >= 0.3 is 5.69 Å². The summed E-state index contributed by atoms with van der Waals surface area (Å²) in [6.45, 7) is 0. The fourth-order valence-electron chi connectivity index (χ4n) is 1.71. The molecule has 0 aromatic carbocycles. The Balaban J connectivity index is 1.84. The first-order valence-corrected chi connectivity index (χ1v) is 8.64. The number of H-pyrrole nitrogens is 2. The lowest BCUT2D eigenvalue weighted by atomic mass is 10.3. The Hall–Kier alpha value is -2.49. The molecule has 3 heterocycles. The zero-order chi connectivity index (χ0) is 16.4. The highest BCUT2D eigenvalue weighted by Gasteiger charge is 2.17. The molecule has 3 N–H and O–H groups in total. The van der Waals surface area contributed by atoms with Gasteiger partial charge in [0.15, 0.2) is 0 Å². The van der Waals surface area contributed by atoms with Crippen LogP contribution in [0.3, 0.4) is 0 Å². The van der Waals surface area contributed by atoms with Gasteiger partial charge in [-0.3, -0.25) is 19.9 Å². The molecule has 0 radical (unpaired) electrons. The molecule has 0 saturated heterocycles. The van der Waals surface area contributed by atoms with E-state index in [1.54, 1.807) is 0 Å². The third kappa shape index (κ3) is 3.16. The number of carbonyl (C=O) groups is 1. The van der Waals surface area contributed by atoms with Crippen molar-refractivity contribution in [3.05, 3.63) is 31.9 Å². The Kier molecular flexibility index (Phi) is 4.24. The van der Waals surface area contributed by atoms with Crippen LogP contribution in [0.2, 0.25) is 0 Å². The van der Waals surface area contributed by atoms with Crippen LogP contribution in [0, 0.1) is 11.3 Å². The van der Waals surface area contributed by atoms with E-state index in [2.05, 4.69) is 25.5 Å².